The summed E-state index contributed by atoms with van der Waals surface area (Å²) in [5, 5.41) is 14.2. The van der Waals surface area contributed by atoms with E-state index in [0.717, 1.165) is 26.1 Å². The highest BCUT2D eigenvalue weighted by Crippen LogP contribution is 2.26. The Labute approximate surface area is 123 Å². The van der Waals surface area contributed by atoms with Crippen molar-refractivity contribution in [2.75, 3.05) is 31.5 Å². The fraction of sp³-hybridized carbons (Fsp3) is 0.500. The monoisotopic (exact) mass is 292 g/mol. The van der Waals surface area contributed by atoms with Gasteiger partial charge in [0.2, 0.25) is 5.91 Å². The molecule has 1 aromatic rings. The maximum absolute atomic E-state index is 11.1. The second-order valence-electron chi connectivity index (χ2n) is 5.28. The third-order valence-electron chi connectivity index (χ3n) is 3.88. The Morgan fingerprint density at radius 2 is 2.33 bits per heavy atom. The van der Waals surface area contributed by atoms with Crippen molar-refractivity contribution in [3.63, 3.8) is 0 Å². The number of nitrogens with two attached hydrogens (primary N) is 1. The SMILES string of the molecule is CCN1CCC(CNc2ccc(C(N)=O)cc2[N+](=O)[O-])C1. The molecule has 0 saturated carbocycles. The summed E-state index contributed by atoms with van der Waals surface area (Å²) in [4.78, 5) is 24.1. The first kappa shape index (κ1) is 15.2. The van der Waals surface area contributed by atoms with Crippen LogP contribution in [0.1, 0.15) is 23.7 Å². The van der Waals surface area contributed by atoms with E-state index in [2.05, 4.69) is 17.1 Å². The van der Waals surface area contributed by atoms with Gasteiger partial charge in [0.25, 0.3) is 5.69 Å². The molecule has 1 saturated heterocycles. The predicted molar refractivity (Wildman–Crippen MR) is 80.3 cm³/mol. The molecule has 2 rings (SSSR count). The summed E-state index contributed by atoms with van der Waals surface area (Å²) in [6.45, 7) is 5.93. The fourth-order valence-corrected chi connectivity index (χ4v) is 2.61. The lowest BCUT2D eigenvalue weighted by atomic mass is 10.1. The second kappa shape index (κ2) is 6.53. The molecule has 7 heteroatoms. The number of hydrogen-bond donors (Lipinski definition) is 2. The topological polar surface area (TPSA) is 102 Å². The molecular weight excluding hydrogens is 272 g/mol. The van der Waals surface area contributed by atoms with Gasteiger partial charge in [0, 0.05) is 24.7 Å². The first-order chi connectivity index (χ1) is 10.0. The Bertz CT molecular complexity index is 547. The van der Waals surface area contributed by atoms with E-state index >= 15 is 0 Å². The Balaban J connectivity index is 2.06. The molecule has 1 aliphatic heterocycles. The van der Waals surface area contributed by atoms with Crippen molar-refractivity contribution < 1.29 is 9.72 Å². The molecular formula is C14H20N4O3. The van der Waals surface area contributed by atoms with Crippen LogP contribution in [0.2, 0.25) is 0 Å². The van der Waals surface area contributed by atoms with Crippen LogP contribution in [0.15, 0.2) is 18.2 Å². The Morgan fingerprint density at radius 1 is 1.57 bits per heavy atom. The van der Waals surface area contributed by atoms with Gasteiger partial charge in [-0.2, -0.15) is 0 Å². The van der Waals surface area contributed by atoms with Gasteiger partial charge >= 0.3 is 0 Å². The molecule has 0 spiro atoms. The molecule has 1 amide bonds. The maximum atomic E-state index is 11.1. The maximum Gasteiger partial charge on any atom is 0.293 e. The van der Waals surface area contributed by atoms with Crippen molar-refractivity contribution in [1.82, 2.24) is 4.90 Å². The summed E-state index contributed by atoms with van der Waals surface area (Å²) in [6, 6.07) is 4.27. The molecule has 1 unspecified atom stereocenters. The third-order valence-corrected chi connectivity index (χ3v) is 3.88. The molecule has 3 N–H and O–H groups in total. The highest BCUT2D eigenvalue weighted by Gasteiger charge is 2.22. The fourth-order valence-electron chi connectivity index (χ4n) is 2.61. The third kappa shape index (κ3) is 3.69. The lowest BCUT2D eigenvalue weighted by Gasteiger charge is -2.14. The first-order valence-corrected chi connectivity index (χ1v) is 7.05. The smallest absolute Gasteiger partial charge is 0.293 e. The van der Waals surface area contributed by atoms with Gasteiger partial charge in [0.15, 0.2) is 0 Å². The number of likely N-dealkylation sites (tertiary alicyclic amines) is 1. The van der Waals surface area contributed by atoms with E-state index in [1.165, 1.54) is 12.1 Å². The average Bonchev–Trinajstić information content (AvgIpc) is 2.92. The van der Waals surface area contributed by atoms with Gasteiger partial charge in [-0.1, -0.05) is 6.92 Å². The van der Waals surface area contributed by atoms with Gasteiger partial charge in [0.05, 0.1) is 4.92 Å². The number of carbonyl (C=O) groups is 1. The molecule has 1 fully saturated rings. The number of anilines is 1. The van der Waals surface area contributed by atoms with E-state index < -0.39 is 10.8 Å². The Morgan fingerprint density at radius 3 is 2.90 bits per heavy atom. The van der Waals surface area contributed by atoms with Crippen molar-refractivity contribution in [3.05, 3.63) is 33.9 Å². The molecule has 0 aliphatic carbocycles. The van der Waals surface area contributed by atoms with Crippen molar-refractivity contribution >= 4 is 17.3 Å². The summed E-state index contributed by atoms with van der Waals surface area (Å²) in [5.74, 6) is -0.181. The van der Waals surface area contributed by atoms with Gasteiger partial charge in [-0.15, -0.1) is 0 Å². The lowest BCUT2D eigenvalue weighted by Crippen LogP contribution is -2.22. The molecule has 7 nitrogen and oxygen atoms in total. The Kier molecular flexibility index (Phi) is 4.74. The van der Waals surface area contributed by atoms with E-state index in [0.29, 0.717) is 18.2 Å². The number of nitro groups is 1. The molecule has 1 atom stereocenters. The number of primary amides is 1. The van der Waals surface area contributed by atoms with Gasteiger partial charge in [-0.05, 0) is 37.6 Å². The molecule has 0 radical (unpaired) electrons. The van der Waals surface area contributed by atoms with Crippen molar-refractivity contribution in [1.29, 1.82) is 0 Å². The van der Waals surface area contributed by atoms with Crippen LogP contribution in [-0.4, -0.2) is 41.9 Å². The van der Waals surface area contributed by atoms with Gasteiger partial charge in [-0.25, -0.2) is 0 Å². The van der Waals surface area contributed by atoms with E-state index in [1.54, 1.807) is 6.07 Å². The van der Waals surface area contributed by atoms with E-state index in [4.69, 9.17) is 5.73 Å². The first-order valence-electron chi connectivity index (χ1n) is 7.05. The Hall–Kier alpha value is -2.15. The zero-order valence-corrected chi connectivity index (χ0v) is 12.0. The quantitative estimate of drug-likeness (QED) is 0.610. The predicted octanol–water partition coefficient (Wildman–Crippen LogP) is 1.45. The van der Waals surface area contributed by atoms with E-state index in [9.17, 15) is 14.9 Å². The number of rotatable bonds is 6. The largest absolute Gasteiger partial charge is 0.379 e. The number of nitro benzene ring substituents is 1. The van der Waals surface area contributed by atoms with Crippen LogP contribution in [0.5, 0.6) is 0 Å². The summed E-state index contributed by atoms with van der Waals surface area (Å²) in [7, 11) is 0. The molecule has 114 valence electrons. The lowest BCUT2D eigenvalue weighted by molar-refractivity contribution is -0.384. The molecule has 0 bridgehead atoms. The van der Waals surface area contributed by atoms with Crippen LogP contribution < -0.4 is 11.1 Å². The number of hydrogen-bond acceptors (Lipinski definition) is 5. The van der Waals surface area contributed by atoms with Crippen LogP contribution in [0.4, 0.5) is 11.4 Å². The minimum atomic E-state index is -0.668. The number of benzene rings is 1. The van der Waals surface area contributed by atoms with Crippen molar-refractivity contribution in [2.24, 2.45) is 11.7 Å². The second-order valence-corrected chi connectivity index (χ2v) is 5.28. The number of nitrogens with zero attached hydrogens (tertiary/aromatic N) is 2. The average molecular weight is 292 g/mol. The molecule has 1 aromatic carbocycles. The van der Waals surface area contributed by atoms with Crippen LogP contribution in [-0.2, 0) is 0 Å². The van der Waals surface area contributed by atoms with Gasteiger partial charge < -0.3 is 16.0 Å². The zero-order valence-electron chi connectivity index (χ0n) is 12.0. The van der Waals surface area contributed by atoms with Crippen molar-refractivity contribution in [3.8, 4) is 0 Å². The van der Waals surface area contributed by atoms with Crippen LogP contribution in [0.25, 0.3) is 0 Å². The van der Waals surface area contributed by atoms with Crippen molar-refractivity contribution in [2.45, 2.75) is 13.3 Å². The van der Waals surface area contributed by atoms with Crippen LogP contribution >= 0.6 is 0 Å². The minimum absolute atomic E-state index is 0.114. The van der Waals surface area contributed by atoms with Crippen LogP contribution in [0, 0.1) is 16.0 Å². The molecule has 1 heterocycles. The summed E-state index contributed by atoms with van der Waals surface area (Å²) >= 11 is 0. The van der Waals surface area contributed by atoms with E-state index in [1.807, 2.05) is 0 Å². The van der Waals surface area contributed by atoms with Crippen LogP contribution in [0.3, 0.4) is 0 Å². The summed E-state index contributed by atoms with van der Waals surface area (Å²) in [5.41, 5.74) is 5.61. The molecule has 0 aromatic heterocycles. The van der Waals surface area contributed by atoms with E-state index in [-0.39, 0.29) is 11.3 Å². The summed E-state index contributed by atoms with van der Waals surface area (Å²) in [6.07, 6.45) is 1.09. The molecule has 1 aliphatic rings. The van der Waals surface area contributed by atoms with Gasteiger partial charge in [0.1, 0.15) is 5.69 Å². The minimum Gasteiger partial charge on any atom is -0.379 e. The normalized spacial score (nSPS) is 18.6. The highest BCUT2D eigenvalue weighted by molar-refractivity contribution is 5.94. The standard InChI is InChI=1S/C14H20N4O3/c1-2-17-6-5-10(9-17)8-16-12-4-3-11(14(15)19)7-13(12)18(20)21/h3-4,7,10,16H,2,5-6,8-9H2,1H3,(H2,15,19). The number of carbonyl (C=O) groups excluding carboxylic acids is 1. The molecule has 21 heavy (non-hydrogen) atoms. The number of amides is 1. The number of nitrogens with one attached hydrogen (secondary N) is 1. The zero-order chi connectivity index (χ0) is 15.4. The summed E-state index contributed by atoms with van der Waals surface area (Å²) < 4.78 is 0. The highest BCUT2D eigenvalue weighted by atomic mass is 16.6. The van der Waals surface area contributed by atoms with Gasteiger partial charge in [-0.3, -0.25) is 14.9 Å².